The van der Waals surface area contributed by atoms with Gasteiger partial charge in [0.05, 0.1) is 0 Å². The second kappa shape index (κ2) is 6.27. The number of rotatable bonds is 4. The quantitative estimate of drug-likeness (QED) is 0.834. The molecule has 0 amide bonds. The van der Waals surface area contributed by atoms with Gasteiger partial charge in [-0.05, 0) is 25.2 Å². The number of hydrogen-bond acceptors (Lipinski definition) is 4. The average molecular weight is 346 g/mol. The highest BCUT2D eigenvalue weighted by Gasteiger charge is 2.28. The van der Waals surface area contributed by atoms with Crippen LogP contribution in [0.3, 0.4) is 0 Å². The fourth-order valence-electron chi connectivity index (χ4n) is 3.83. The lowest BCUT2D eigenvalue weighted by Crippen LogP contribution is -2.31. The summed E-state index contributed by atoms with van der Waals surface area (Å²) in [6.45, 7) is 0. The molecule has 2 aliphatic rings. The van der Waals surface area contributed by atoms with Gasteiger partial charge >= 0.3 is 5.69 Å². The van der Waals surface area contributed by atoms with Gasteiger partial charge in [0.25, 0.3) is 5.56 Å². The van der Waals surface area contributed by atoms with Crippen molar-refractivity contribution in [3.8, 4) is 0 Å². The van der Waals surface area contributed by atoms with Gasteiger partial charge in [-0.1, -0.05) is 44.3 Å². The number of fused-ring (bicyclic) bond motifs is 1. The van der Waals surface area contributed by atoms with Crippen LogP contribution in [-0.4, -0.2) is 19.5 Å². The summed E-state index contributed by atoms with van der Waals surface area (Å²) in [5.74, 6) is 1.54. The predicted molar refractivity (Wildman–Crippen MR) is 95.0 cm³/mol. The van der Waals surface area contributed by atoms with E-state index in [1.807, 2.05) is 0 Å². The summed E-state index contributed by atoms with van der Waals surface area (Å²) in [7, 11) is 0. The van der Waals surface area contributed by atoms with Crippen molar-refractivity contribution < 1.29 is 0 Å². The van der Waals surface area contributed by atoms with Gasteiger partial charge in [-0.25, -0.2) is 9.78 Å². The Kier molecular flexibility index (Phi) is 4.12. The van der Waals surface area contributed by atoms with Gasteiger partial charge in [0.15, 0.2) is 0 Å². The fourth-order valence-corrected chi connectivity index (χ4v) is 4.13. The molecule has 6 nitrogen and oxygen atoms in total. The number of aryl methyl sites for hydroxylation is 1. The van der Waals surface area contributed by atoms with Gasteiger partial charge in [-0.2, -0.15) is 0 Å². The fraction of sp³-hybridized carbons (Fsp3) is 0.647. The van der Waals surface area contributed by atoms with E-state index in [0.29, 0.717) is 11.0 Å². The Bertz CT molecular complexity index is 932. The van der Waals surface area contributed by atoms with Crippen molar-refractivity contribution in [1.82, 2.24) is 19.5 Å². The minimum atomic E-state index is -0.445. The monoisotopic (exact) mass is 346 g/mol. The van der Waals surface area contributed by atoms with E-state index < -0.39 is 5.56 Å². The van der Waals surface area contributed by atoms with Crippen LogP contribution in [0.1, 0.15) is 63.2 Å². The predicted octanol–water partition coefficient (Wildman–Crippen LogP) is 2.99. The lowest BCUT2D eigenvalue weighted by molar-refractivity contribution is 0.337. The highest BCUT2D eigenvalue weighted by Crippen LogP contribution is 2.34. The van der Waals surface area contributed by atoms with E-state index in [0.717, 1.165) is 37.4 Å². The zero-order valence-electron chi connectivity index (χ0n) is 13.6. The second-order valence-corrected chi connectivity index (χ2v) is 7.50. The Morgan fingerprint density at radius 2 is 1.83 bits per heavy atom. The maximum absolute atomic E-state index is 12.2. The molecule has 2 fully saturated rings. The van der Waals surface area contributed by atoms with Gasteiger partial charge in [0.2, 0.25) is 0 Å². The highest BCUT2D eigenvalue weighted by molar-refractivity contribution is 7.71. The van der Waals surface area contributed by atoms with Crippen LogP contribution in [0, 0.1) is 10.6 Å². The summed E-state index contributed by atoms with van der Waals surface area (Å²) >= 11 is 5.34. The SMILES string of the molecule is O=c1[nH]c(=O)n(C2CC2)c2[nH]c(CCC3CCCCC3)nc(=S)c12. The summed E-state index contributed by atoms with van der Waals surface area (Å²) in [6, 6.07) is 0.163. The number of aromatic amines is 2. The van der Waals surface area contributed by atoms with Crippen molar-refractivity contribution in [2.75, 3.05) is 0 Å². The third kappa shape index (κ3) is 2.97. The minimum Gasteiger partial charge on any atom is -0.329 e. The minimum absolute atomic E-state index is 0.163. The van der Waals surface area contributed by atoms with E-state index in [4.69, 9.17) is 12.2 Å². The van der Waals surface area contributed by atoms with Gasteiger partial charge in [-0.15, -0.1) is 0 Å². The first-order chi connectivity index (χ1) is 11.6. The van der Waals surface area contributed by atoms with Gasteiger partial charge in [0, 0.05) is 12.5 Å². The van der Waals surface area contributed by atoms with E-state index in [1.54, 1.807) is 4.57 Å². The summed E-state index contributed by atoms with van der Waals surface area (Å²) in [6.07, 6.45) is 10.4. The average Bonchev–Trinajstić information content (AvgIpc) is 3.38. The molecule has 0 spiro atoms. The molecule has 0 atom stereocenters. The number of nitrogens with zero attached hydrogens (tertiary/aromatic N) is 2. The molecule has 2 aliphatic carbocycles. The molecule has 2 heterocycles. The molecule has 2 aromatic rings. The van der Waals surface area contributed by atoms with Crippen molar-refractivity contribution in [1.29, 1.82) is 0 Å². The van der Waals surface area contributed by atoms with Crippen LogP contribution < -0.4 is 11.2 Å². The van der Waals surface area contributed by atoms with Crippen LogP contribution in [0.2, 0.25) is 0 Å². The molecule has 0 unspecified atom stereocenters. The Labute approximate surface area is 144 Å². The Morgan fingerprint density at radius 3 is 2.54 bits per heavy atom. The molecule has 128 valence electrons. The maximum Gasteiger partial charge on any atom is 0.330 e. The molecule has 2 aromatic heterocycles. The number of hydrogen-bond donors (Lipinski definition) is 2. The molecule has 0 aromatic carbocycles. The van der Waals surface area contributed by atoms with E-state index in [9.17, 15) is 9.59 Å². The molecule has 7 heteroatoms. The van der Waals surface area contributed by atoms with E-state index in [1.165, 1.54) is 32.1 Å². The molecule has 2 saturated carbocycles. The number of aromatic nitrogens is 4. The van der Waals surface area contributed by atoms with Crippen molar-refractivity contribution in [2.24, 2.45) is 5.92 Å². The van der Waals surface area contributed by atoms with Crippen molar-refractivity contribution >= 4 is 23.3 Å². The molecule has 0 bridgehead atoms. The molecule has 0 aliphatic heterocycles. The largest absolute Gasteiger partial charge is 0.330 e. The van der Waals surface area contributed by atoms with Crippen LogP contribution in [0.4, 0.5) is 0 Å². The third-order valence-electron chi connectivity index (χ3n) is 5.28. The zero-order chi connectivity index (χ0) is 16.7. The maximum atomic E-state index is 12.2. The summed E-state index contributed by atoms with van der Waals surface area (Å²) in [5, 5.41) is 0.331. The Balaban J connectivity index is 1.72. The zero-order valence-corrected chi connectivity index (χ0v) is 14.5. The van der Waals surface area contributed by atoms with E-state index >= 15 is 0 Å². The molecular formula is C17H22N4O2S. The van der Waals surface area contributed by atoms with Crippen molar-refractivity contribution in [3.05, 3.63) is 31.3 Å². The Hall–Kier alpha value is -1.76. The van der Waals surface area contributed by atoms with Crippen LogP contribution in [0.15, 0.2) is 9.59 Å². The third-order valence-corrected chi connectivity index (χ3v) is 5.58. The summed E-state index contributed by atoms with van der Waals surface area (Å²) in [5.41, 5.74) is -0.255. The van der Waals surface area contributed by atoms with Gasteiger partial charge < -0.3 is 4.98 Å². The van der Waals surface area contributed by atoms with Gasteiger partial charge in [-0.3, -0.25) is 14.3 Å². The first kappa shape index (κ1) is 15.7. The molecule has 0 radical (unpaired) electrons. The van der Waals surface area contributed by atoms with E-state index in [2.05, 4.69) is 15.0 Å². The van der Waals surface area contributed by atoms with Crippen LogP contribution in [0.5, 0.6) is 0 Å². The topological polar surface area (TPSA) is 83.5 Å². The highest BCUT2D eigenvalue weighted by atomic mass is 32.1. The Morgan fingerprint density at radius 1 is 1.08 bits per heavy atom. The smallest absolute Gasteiger partial charge is 0.329 e. The van der Waals surface area contributed by atoms with Crippen molar-refractivity contribution in [3.63, 3.8) is 0 Å². The van der Waals surface area contributed by atoms with Gasteiger partial charge in [0.1, 0.15) is 21.5 Å². The second-order valence-electron chi connectivity index (χ2n) is 7.12. The lowest BCUT2D eigenvalue weighted by atomic mass is 9.86. The van der Waals surface area contributed by atoms with Crippen LogP contribution in [-0.2, 0) is 6.42 Å². The lowest BCUT2D eigenvalue weighted by Gasteiger charge is -2.21. The van der Waals surface area contributed by atoms with Crippen molar-refractivity contribution in [2.45, 2.75) is 63.8 Å². The standard InChI is InChI=1S/C17H22N4O2S/c22-15-13-14(21(11-7-8-11)17(23)20-15)18-12(19-16(13)24)9-6-10-4-2-1-3-5-10/h10-11H,1-9H2,(H,18,19,24)(H,20,22,23). The van der Waals surface area contributed by atoms with Crippen LogP contribution >= 0.6 is 12.2 Å². The van der Waals surface area contributed by atoms with Crippen LogP contribution in [0.25, 0.3) is 11.0 Å². The summed E-state index contributed by atoms with van der Waals surface area (Å²) in [4.78, 5) is 34.4. The first-order valence-corrected chi connectivity index (χ1v) is 9.32. The number of nitrogens with one attached hydrogen (secondary N) is 2. The van der Waals surface area contributed by atoms with E-state index in [-0.39, 0.29) is 16.4 Å². The normalized spacial score (nSPS) is 19.0. The molecular weight excluding hydrogens is 324 g/mol. The molecule has 24 heavy (non-hydrogen) atoms. The molecule has 4 rings (SSSR count). The molecule has 2 N–H and O–H groups in total. The summed E-state index contributed by atoms with van der Waals surface area (Å²) < 4.78 is 1.94. The number of H-pyrrole nitrogens is 2. The first-order valence-electron chi connectivity index (χ1n) is 8.91. The molecule has 0 saturated heterocycles.